The van der Waals surface area contributed by atoms with Gasteiger partial charge >= 0.3 is 0 Å². The number of phenols is 1. The summed E-state index contributed by atoms with van der Waals surface area (Å²) in [6, 6.07) is 9.41. The molecule has 0 bridgehead atoms. The van der Waals surface area contributed by atoms with E-state index in [1.807, 2.05) is 31.2 Å². The number of aryl methyl sites for hydroxylation is 1. The van der Waals surface area contributed by atoms with Crippen molar-refractivity contribution in [2.75, 3.05) is 13.1 Å². The minimum atomic E-state index is -0.143. The highest BCUT2D eigenvalue weighted by atomic mass is 16.3. The number of quaternary nitrogens is 1. The molecular formula is C23H26N3O3+. The number of imidazole rings is 1. The maximum atomic E-state index is 13.4. The summed E-state index contributed by atoms with van der Waals surface area (Å²) < 4.78 is 5.94. The van der Waals surface area contributed by atoms with Crippen LogP contribution in [0.4, 0.5) is 0 Å². The van der Waals surface area contributed by atoms with Crippen molar-refractivity contribution in [3.63, 3.8) is 0 Å². The van der Waals surface area contributed by atoms with E-state index in [1.54, 1.807) is 6.07 Å². The number of aromatic amines is 1. The second-order valence-corrected chi connectivity index (χ2v) is 7.31. The molecule has 0 fully saturated rings. The van der Waals surface area contributed by atoms with Gasteiger partial charge in [-0.1, -0.05) is 19.1 Å². The van der Waals surface area contributed by atoms with Gasteiger partial charge < -0.3 is 19.4 Å². The summed E-state index contributed by atoms with van der Waals surface area (Å²) >= 11 is 0. The third-order valence-electron chi connectivity index (χ3n) is 5.66. The number of benzene rings is 2. The van der Waals surface area contributed by atoms with Crippen molar-refractivity contribution in [2.24, 2.45) is 0 Å². The number of H-pyrrole nitrogens is 1. The van der Waals surface area contributed by atoms with Crippen LogP contribution in [0.2, 0.25) is 0 Å². The number of nitrogens with zero attached hydrogens (tertiary/aromatic N) is 1. The highest BCUT2D eigenvalue weighted by molar-refractivity contribution is 5.87. The normalized spacial score (nSPS) is 11.7. The Morgan fingerprint density at radius 3 is 2.62 bits per heavy atom. The highest BCUT2D eigenvalue weighted by Crippen LogP contribution is 2.31. The standard InChI is InChI=1S/C23H25N3O3/c1-4-14-11-15-21(28)17(23-24-18-9-7-8-10-19(18)25-23)13-29-22(15)16(20(14)27)12-26(5-2)6-3/h7-11,13,27H,4-6,12H2,1-3H3,(H,24,25)/p+1. The molecule has 0 radical (unpaired) electrons. The Labute approximate surface area is 168 Å². The van der Waals surface area contributed by atoms with Crippen LogP contribution in [0.15, 0.2) is 45.8 Å². The van der Waals surface area contributed by atoms with Crippen LogP contribution >= 0.6 is 0 Å². The van der Waals surface area contributed by atoms with Crippen LogP contribution in [-0.2, 0) is 13.0 Å². The van der Waals surface area contributed by atoms with Crippen molar-refractivity contribution in [3.05, 3.63) is 57.9 Å². The van der Waals surface area contributed by atoms with E-state index in [9.17, 15) is 9.90 Å². The lowest BCUT2D eigenvalue weighted by molar-refractivity contribution is -0.910. The molecule has 0 spiro atoms. The molecule has 4 aromatic rings. The topological polar surface area (TPSA) is 83.6 Å². The monoisotopic (exact) mass is 392 g/mol. The molecule has 0 aliphatic heterocycles. The first-order valence-corrected chi connectivity index (χ1v) is 10.1. The largest absolute Gasteiger partial charge is 0.507 e. The van der Waals surface area contributed by atoms with E-state index in [-0.39, 0.29) is 11.2 Å². The van der Waals surface area contributed by atoms with Crippen molar-refractivity contribution >= 4 is 22.0 Å². The van der Waals surface area contributed by atoms with Gasteiger partial charge in [0.05, 0.1) is 35.1 Å². The predicted molar refractivity (Wildman–Crippen MR) is 114 cm³/mol. The summed E-state index contributed by atoms with van der Waals surface area (Å²) in [5.74, 6) is 0.725. The predicted octanol–water partition coefficient (Wildman–Crippen LogP) is 3.03. The number of phenolic OH excluding ortho intramolecular Hbond substituents is 1. The molecule has 0 saturated heterocycles. The third kappa shape index (κ3) is 3.29. The fourth-order valence-corrected chi connectivity index (χ4v) is 3.82. The molecular weight excluding hydrogens is 366 g/mol. The van der Waals surface area contributed by atoms with Gasteiger partial charge in [0.25, 0.3) is 0 Å². The van der Waals surface area contributed by atoms with Gasteiger partial charge in [-0.3, -0.25) is 4.79 Å². The van der Waals surface area contributed by atoms with Crippen LogP contribution in [0.3, 0.4) is 0 Å². The van der Waals surface area contributed by atoms with Gasteiger partial charge in [0.1, 0.15) is 35.5 Å². The minimum absolute atomic E-state index is 0.143. The number of para-hydroxylation sites is 2. The number of hydrogen-bond acceptors (Lipinski definition) is 4. The van der Waals surface area contributed by atoms with E-state index in [0.717, 1.165) is 29.7 Å². The smallest absolute Gasteiger partial charge is 0.203 e. The number of rotatable bonds is 6. The van der Waals surface area contributed by atoms with E-state index in [2.05, 4.69) is 23.8 Å². The lowest BCUT2D eigenvalue weighted by atomic mass is 10.0. The molecule has 6 nitrogen and oxygen atoms in total. The Balaban J connectivity index is 1.94. The van der Waals surface area contributed by atoms with E-state index >= 15 is 0 Å². The molecule has 2 heterocycles. The summed E-state index contributed by atoms with van der Waals surface area (Å²) in [6.07, 6.45) is 2.09. The van der Waals surface area contributed by atoms with Crippen LogP contribution in [0, 0.1) is 0 Å². The fourth-order valence-electron chi connectivity index (χ4n) is 3.82. The first-order valence-electron chi connectivity index (χ1n) is 10.1. The van der Waals surface area contributed by atoms with Gasteiger partial charge in [0.2, 0.25) is 5.43 Å². The first-order chi connectivity index (χ1) is 14.1. The number of hydrogen-bond donors (Lipinski definition) is 3. The summed E-state index contributed by atoms with van der Waals surface area (Å²) in [7, 11) is 0. The van der Waals surface area contributed by atoms with Crippen LogP contribution in [0.1, 0.15) is 31.9 Å². The van der Waals surface area contributed by atoms with Crippen LogP contribution < -0.4 is 10.3 Å². The number of aromatic nitrogens is 2. The van der Waals surface area contributed by atoms with Gasteiger partial charge in [0.15, 0.2) is 0 Å². The van der Waals surface area contributed by atoms with Crippen molar-refractivity contribution in [1.82, 2.24) is 9.97 Å². The quantitative estimate of drug-likeness (QED) is 0.471. The van der Waals surface area contributed by atoms with Crippen LogP contribution in [-0.4, -0.2) is 28.2 Å². The zero-order valence-electron chi connectivity index (χ0n) is 17.0. The SMILES string of the molecule is CCc1cc2c(=O)c(-c3nc4ccccc4[nH]3)coc2c(C[NH+](CC)CC)c1O. The second-order valence-electron chi connectivity index (χ2n) is 7.31. The molecule has 6 heteroatoms. The summed E-state index contributed by atoms with van der Waals surface area (Å²) in [4.78, 5) is 22.4. The molecule has 2 aromatic carbocycles. The molecule has 0 aliphatic rings. The zero-order valence-corrected chi connectivity index (χ0v) is 17.0. The number of nitrogens with one attached hydrogen (secondary N) is 2. The molecule has 0 aliphatic carbocycles. The maximum Gasteiger partial charge on any atom is 0.203 e. The van der Waals surface area contributed by atoms with Gasteiger partial charge in [0, 0.05) is 0 Å². The summed E-state index contributed by atoms with van der Waals surface area (Å²) in [5.41, 5.74) is 3.84. The third-order valence-corrected chi connectivity index (χ3v) is 5.66. The van der Waals surface area contributed by atoms with Gasteiger partial charge in [-0.25, -0.2) is 4.98 Å². The molecule has 3 N–H and O–H groups in total. The van der Waals surface area contributed by atoms with Crippen molar-refractivity contribution in [1.29, 1.82) is 0 Å². The average molecular weight is 392 g/mol. The lowest BCUT2D eigenvalue weighted by Crippen LogP contribution is -3.10. The van der Waals surface area contributed by atoms with E-state index < -0.39 is 0 Å². The van der Waals surface area contributed by atoms with Crippen LogP contribution in [0.25, 0.3) is 33.4 Å². The molecule has 0 atom stereocenters. The van der Waals surface area contributed by atoms with Crippen molar-refractivity contribution < 1.29 is 14.4 Å². The Morgan fingerprint density at radius 2 is 1.93 bits per heavy atom. The number of aromatic hydroxyl groups is 1. The highest BCUT2D eigenvalue weighted by Gasteiger charge is 2.22. The molecule has 2 aromatic heterocycles. The average Bonchev–Trinajstić information content (AvgIpc) is 3.17. The Hall–Kier alpha value is -3.12. The molecule has 0 unspecified atom stereocenters. The fraction of sp³-hybridized carbons (Fsp3) is 0.304. The molecule has 29 heavy (non-hydrogen) atoms. The Bertz CT molecular complexity index is 1200. The zero-order chi connectivity index (χ0) is 20.5. The summed E-state index contributed by atoms with van der Waals surface area (Å²) in [5, 5.41) is 11.3. The van der Waals surface area contributed by atoms with E-state index in [0.29, 0.717) is 40.9 Å². The molecule has 0 amide bonds. The van der Waals surface area contributed by atoms with Crippen molar-refractivity contribution in [3.8, 4) is 17.1 Å². The van der Waals surface area contributed by atoms with E-state index in [1.165, 1.54) is 11.2 Å². The number of fused-ring (bicyclic) bond motifs is 2. The molecule has 0 saturated carbocycles. The van der Waals surface area contributed by atoms with Crippen molar-refractivity contribution in [2.45, 2.75) is 33.7 Å². The maximum absolute atomic E-state index is 13.4. The van der Waals surface area contributed by atoms with Gasteiger partial charge in [-0.2, -0.15) is 0 Å². The minimum Gasteiger partial charge on any atom is -0.507 e. The van der Waals surface area contributed by atoms with Gasteiger partial charge in [-0.15, -0.1) is 0 Å². The Morgan fingerprint density at radius 1 is 1.17 bits per heavy atom. The lowest BCUT2D eigenvalue weighted by Gasteiger charge is -2.18. The molecule has 150 valence electrons. The first kappa shape index (κ1) is 19.2. The second kappa shape index (κ2) is 7.72. The van der Waals surface area contributed by atoms with E-state index in [4.69, 9.17) is 4.42 Å². The molecule has 4 rings (SSSR count). The van der Waals surface area contributed by atoms with Crippen LogP contribution in [0.5, 0.6) is 5.75 Å². The summed E-state index contributed by atoms with van der Waals surface area (Å²) in [6.45, 7) is 8.65. The van der Waals surface area contributed by atoms with Gasteiger partial charge in [-0.05, 0) is 44.0 Å². The Kier molecular flexibility index (Phi) is 5.11.